The molecule has 0 saturated heterocycles. The second kappa shape index (κ2) is 5.53. The first-order chi connectivity index (χ1) is 10.1. The summed E-state index contributed by atoms with van der Waals surface area (Å²) in [5.41, 5.74) is 2.64. The van der Waals surface area contributed by atoms with E-state index < -0.39 is 6.10 Å². The molecule has 0 fully saturated rings. The minimum absolute atomic E-state index is 0.0439. The summed E-state index contributed by atoms with van der Waals surface area (Å²) in [7, 11) is 0. The Balaban J connectivity index is 1.89. The van der Waals surface area contributed by atoms with Gasteiger partial charge < -0.3 is 9.47 Å². The van der Waals surface area contributed by atoms with E-state index in [0.29, 0.717) is 17.1 Å². The minimum Gasteiger partial charge on any atom is -0.485 e. The molecule has 0 bridgehead atoms. The van der Waals surface area contributed by atoms with Gasteiger partial charge in [0, 0.05) is 10.0 Å². The maximum absolute atomic E-state index is 12.7. The number of carbonyl (C=O) groups is 1. The minimum atomic E-state index is -0.598. The topological polar surface area (TPSA) is 35.5 Å². The van der Waals surface area contributed by atoms with Crippen LogP contribution in [0, 0.1) is 13.8 Å². The molecule has 0 N–H and O–H groups in total. The lowest BCUT2D eigenvalue weighted by Crippen LogP contribution is -2.37. The number of hydrogen-bond acceptors (Lipinski definition) is 3. The summed E-state index contributed by atoms with van der Waals surface area (Å²) in [6, 6.07) is 11.3. The Morgan fingerprint density at radius 1 is 1.14 bits per heavy atom. The SMILES string of the molecule is Cc1cc(C(=O)C2COc3ccccc3O2)c(C)cc1Br. The van der Waals surface area contributed by atoms with Gasteiger partial charge in [0.1, 0.15) is 6.61 Å². The third-order valence-electron chi connectivity index (χ3n) is 3.57. The van der Waals surface area contributed by atoms with Gasteiger partial charge in [-0.2, -0.15) is 0 Å². The molecule has 0 spiro atoms. The molecule has 3 rings (SSSR count). The highest BCUT2D eigenvalue weighted by atomic mass is 79.9. The zero-order valence-corrected chi connectivity index (χ0v) is 13.4. The van der Waals surface area contributed by atoms with E-state index in [-0.39, 0.29) is 12.4 Å². The van der Waals surface area contributed by atoms with Gasteiger partial charge >= 0.3 is 0 Å². The number of rotatable bonds is 2. The van der Waals surface area contributed by atoms with Crippen LogP contribution in [0.25, 0.3) is 0 Å². The van der Waals surface area contributed by atoms with Crippen LogP contribution in [-0.2, 0) is 0 Å². The third-order valence-corrected chi connectivity index (χ3v) is 4.43. The second-order valence-electron chi connectivity index (χ2n) is 5.14. The fourth-order valence-electron chi connectivity index (χ4n) is 2.37. The number of ether oxygens (including phenoxy) is 2. The van der Waals surface area contributed by atoms with Gasteiger partial charge in [-0.05, 0) is 49.2 Å². The molecular weight excluding hydrogens is 332 g/mol. The predicted molar refractivity (Wildman–Crippen MR) is 84.3 cm³/mol. The third kappa shape index (κ3) is 2.68. The lowest BCUT2D eigenvalue weighted by Gasteiger charge is -2.26. The number of fused-ring (bicyclic) bond motifs is 1. The molecule has 1 atom stereocenters. The molecular formula is C17H15BrO3. The van der Waals surface area contributed by atoms with Crippen LogP contribution < -0.4 is 9.47 Å². The lowest BCUT2D eigenvalue weighted by molar-refractivity contribution is 0.0585. The zero-order chi connectivity index (χ0) is 15.0. The Morgan fingerprint density at radius 3 is 2.62 bits per heavy atom. The number of Topliss-reactive ketones (excluding diaryl/α,β-unsaturated/α-hetero) is 1. The first kappa shape index (κ1) is 14.1. The average Bonchev–Trinajstić information content (AvgIpc) is 2.50. The molecule has 3 nitrogen and oxygen atoms in total. The Morgan fingerprint density at radius 2 is 1.86 bits per heavy atom. The molecule has 108 valence electrons. The van der Waals surface area contributed by atoms with E-state index in [1.54, 1.807) is 0 Å². The number of ketones is 1. The monoisotopic (exact) mass is 346 g/mol. The number of benzene rings is 2. The highest BCUT2D eigenvalue weighted by Gasteiger charge is 2.29. The lowest BCUT2D eigenvalue weighted by atomic mass is 9.98. The molecule has 0 saturated carbocycles. The molecule has 1 aliphatic rings. The summed E-state index contributed by atoms with van der Waals surface area (Å²) in [4.78, 5) is 12.7. The van der Waals surface area contributed by atoms with Crippen LogP contribution in [0.4, 0.5) is 0 Å². The van der Waals surface area contributed by atoms with Gasteiger partial charge in [-0.25, -0.2) is 0 Å². The molecule has 0 radical (unpaired) electrons. The van der Waals surface area contributed by atoms with Crippen molar-refractivity contribution in [1.29, 1.82) is 0 Å². The summed E-state index contributed by atoms with van der Waals surface area (Å²) >= 11 is 3.48. The Kier molecular flexibility index (Phi) is 3.72. The summed E-state index contributed by atoms with van der Waals surface area (Å²) < 4.78 is 12.4. The van der Waals surface area contributed by atoms with Crippen molar-refractivity contribution in [3.05, 3.63) is 57.6 Å². The van der Waals surface area contributed by atoms with E-state index in [2.05, 4.69) is 15.9 Å². The zero-order valence-electron chi connectivity index (χ0n) is 11.9. The van der Waals surface area contributed by atoms with E-state index in [9.17, 15) is 4.79 Å². The summed E-state index contributed by atoms with van der Waals surface area (Å²) in [6.45, 7) is 4.13. The van der Waals surface area contributed by atoms with Crippen LogP contribution in [0.1, 0.15) is 21.5 Å². The van der Waals surface area contributed by atoms with Crippen molar-refractivity contribution < 1.29 is 14.3 Å². The number of aryl methyl sites for hydroxylation is 2. The number of para-hydroxylation sites is 2. The molecule has 1 aliphatic heterocycles. The smallest absolute Gasteiger partial charge is 0.207 e. The number of halogens is 1. The van der Waals surface area contributed by atoms with Crippen LogP contribution >= 0.6 is 15.9 Å². The Bertz CT molecular complexity index is 709. The molecule has 21 heavy (non-hydrogen) atoms. The van der Waals surface area contributed by atoms with Gasteiger partial charge in [0.05, 0.1) is 0 Å². The maximum atomic E-state index is 12.7. The Hall–Kier alpha value is -1.81. The van der Waals surface area contributed by atoms with Crippen LogP contribution in [0.15, 0.2) is 40.9 Å². The fraction of sp³-hybridized carbons (Fsp3) is 0.235. The highest BCUT2D eigenvalue weighted by Crippen LogP contribution is 2.32. The summed E-state index contributed by atoms with van der Waals surface area (Å²) in [6.07, 6.45) is -0.598. The maximum Gasteiger partial charge on any atom is 0.207 e. The quantitative estimate of drug-likeness (QED) is 0.768. The van der Waals surface area contributed by atoms with Crippen molar-refractivity contribution in [2.75, 3.05) is 6.61 Å². The first-order valence-corrected chi connectivity index (χ1v) is 7.55. The molecule has 2 aromatic rings. The molecule has 2 aromatic carbocycles. The second-order valence-corrected chi connectivity index (χ2v) is 6.00. The van der Waals surface area contributed by atoms with E-state index in [4.69, 9.17) is 9.47 Å². The molecule has 0 aromatic heterocycles. The van der Waals surface area contributed by atoms with E-state index in [1.165, 1.54) is 0 Å². The Labute approximate surface area is 132 Å². The molecule has 0 aliphatic carbocycles. The van der Waals surface area contributed by atoms with Crippen molar-refractivity contribution in [2.45, 2.75) is 20.0 Å². The largest absolute Gasteiger partial charge is 0.485 e. The molecule has 4 heteroatoms. The van der Waals surface area contributed by atoms with E-state index in [0.717, 1.165) is 15.6 Å². The summed E-state index contributed by atoms with van der Waals surface area (Å²) in [5.74, 6) is 1.26. The normalized spacial score (nSPS) is 16.6. The van der Waals surface area contributed by atoms with Crippen LogP contribution in [0.3, 0.4) is 0 Å². The predicted octanol–water partition coefficient (Wildman–Crippen LogP) is 4.09. The first-order valence-electron chi connectivity index (χ1n) is 6.75. The van der Waals surface area contributed by atoms with Crippen molar-refractivity contribution in [1.82, 2.24) is 0 Å². The van der Waals surface area contributed by atoms with Gasteiger partial charge in [0.15, 0.2) is 17.6 Å². The van der Waals surface area contributed by atoms with Crippen LogP contribution in [0.2, 0.25) is 0 Å². The van der Waals surface area contributed by atoms with Crippen LogP contribution in [-0.4, -0.2) is 18.5 Å². The number of hydrogen-bond donors (Lipinski definition) is 0. The highest BCUT2D eigenvalue weighted by molar-refractivity contribution is 9.10. The van der Waals surface area contributed by atoms with Crippen molar-refractivity contribution in [3.63, 3.8) is 0 Å². The van der Waals surface area contributed by atoms with Gasteiger partial charge in [-0.15, -0.1) is 0 Å². The molecule has 1 unspecified atom stereocenters. The van der Waals surface area contributed by atoms with E-state index >= 15 is 0 Å². The fourth-order valence-corrected chi connectivity index (χ4v) is 2.83. The van der Waals surface area contributed by atoms with Gasteiger partial charge in [0.2, 0.25) is 5.78 Å². The standard InChI is InChI=1S/C17H15BrO3/c1-10-8-13(18)11(2)7-12(10)17(19)16-9-20-14-5-3-4-6-15(14)21-16/h3-8,16H,9H2,1-2H3. The molecule has 0 amide bonds. The number of carbonyl (C=O) groups excluding carboxylic acids is 1. The van der Waals surface area contributed by atoms with Crippen molar-refractivity contribution in [3.8, 4) is 11.5 Å². The van der Waals surface area contributed by atoms with Gasteiger partial charge in [-0.3, -0.25) is 4.79 Å². The molecule has 1 heterocycles. The average molecular weight is 347 g/mol. The van der Waals surface area contributed by atoms with Gasteiger partial charge in [0.25, 0.3) is 0 Å². The summed E-state index contributed by atoms with van der Waals surface area (Å²) in [5, 5.41) is 0. The van der Waals surface area contributed by atoms with Crippen molar-refractivity contribution in [2.24, 2.45) is 0 Å². The van der Waals surface area contributed by atoms with E-state index in [1.807, 2.05) is 50.2 Å². The van der Waals surface area contributed by atoms with Crippen LogP contribution in [0.5, 0.6) is 11.5 Å². The van der Waals surface area contributed by atoms with Gasteiger partial charge in [-0.1, -0.05) is 28.1 Å². The van der Waals surface area contributed by atoms with Crippen molar-refractivity contribution >= 4 is 21.7 Å².